The first-order valence-corrected chi connectivity index (χ1v) is 6.42. The summed E-state index contributed by atoms with van der Waals surface area (Å²) in [6, 6.07) is 15.6. The maximum Gasteiger partial charge on any atom is 0.272 e. The maximum atomic E-state index is 11.8. The van der Waals surface area contributed by atoms with Crippen molar-refractivity contribution >= 4 is 16.5 Å². The molecule has 0 aliphatic heterocycles. The molecule has 0 aliphatic carbocycles. The molecule has 3 rings (SSSR count). The lowest BCUT2D eigenvalue weighted by Crippen LogP contribution is -2.10. The van der Waals surface area contributed by atoms with Gasteiger partial charge in [-0.05, 0) is 18.2 Å². The summed E-state index contributed by atoms with van der Waals surface area (Å²) >= 11 is 0. The molecule has 100 valence electrons. The third-order valence-electron chi connectivity index (χ3n) is 3.35. The van der Waals surface area contributed by atoms with Gasteiger partial charge in [0.2, 0.25) is 0 Å². The first-order valence-electron chi connectivity index (χ1n) is 6.42. The van der Waals surface area contributed by atoms with Crippen molar-refractivity contribution < 1.29 is 0 Å². The van der Waals surface area contributed by atoms with Crippen LogP contribution in [-0.2, 0) is 0 Å². The van der Waals surface area contributed by atoms with E-state index in [1.165, 1.54) is 0 Å². The van der Waals surface area contributed by atoms with Crippen molar-refractivity contribution in [2.75, 3.05) is 19.0 Å². The minimum Gasteiger partial charge on any atom is -0.378 e. The van der Waals surface area contributed by atoms with Crippen molar-refractivity contribution in [3.63, 3.8) is 0 Å². The average Bonchev–Trinajstić information content (AvgIpc) is 2.48. The fraction of sp³-hybridized carbons (Fsp3) is 0.125. The van der Waals surface area contributed by atoms with Gasteiger partial charge in [-0.15, -0.1) is 0 Å². The minimum atomic E-state index is -0.158. The van der Waals surface area contributed by atoms with Gasteiger partial charge >= 0.3 is 0 Å². The number of rotatable bonds is 2. The van der Waals surface area contributed by atoms with E-state index in [0.717, 1.165) is 22.3 Å². The van der Waals surface area contributed by atoms with Gasteiger partial charge in [0.1, 0.15) is 0 Å². The molecule has 1 aromatic heterocycles. The molecular weight excluding hydrogens is 250 g/mol. The Balaban J connectivity index is 2.20. The second-order valence-electron chi connectivity index (χ2n) is 4.89. The number of hydrogen-bond donors (Lipinski definition) is 1. The maximum absolute atomic E-state index is 11.8. The number of benzene rings is 2. The molecule has 1 N–H and O–H groups in total. The van der Waals surface area contributed by atoms with Crippen LogP contribution >= 0.6 is 0 Å². The molecule has 2 aromatic carbocycles. The highest BCUT2D eigenvalue weighted by molar-refractivity contribution is 5.93. The molecule has 0 aliphatic rings. The lowest BCUT2D eigenvalue weighted by Gasteiger charge is -2.12. The van der Waals surface area contributed by atoms with Gasteiger partial charge in [0.25, 0.3) is 5.56 Å². The van der Waals surface area contributed by atoms with Crippen LogP contribution in [0.3, 0.4) is 0 Å². The smallest absolute Gasteiger partial charge is 0.272 e. The summed E-state index contributed by atoms with van der Waals surface area (Å²) in [5, 5.41) is 8.29. The average molecular weight is 265 g/mol. The molecule has 20 heavy (non-hydrogen) atoms. The highest BCUT2D eigenvalue weighted by Crippen LogP contribution is 2.25. The summed E-state index contributed by atoms with van der Waals surface area (Å²) in [7, 11) is 4.01. The standard InChI is InChI=1S/C16H15N3O/c1-19(2)12-9-7-11(8-10-12)15-13-5-3-4-6-14(13)16(20)18-17-15/h3-10H,1-2H3,(H,18,20). The summed E-state index contributed by atoms with van der Waals surface area (Å²) in [4.78, 5) is 13.8. The van der Waals surface area contributed by atoms with Crippen LogP contribution in [0.15, 0.2) is 53.3 Å². The number of aromatic nitrogens is 2. The number of anilines is 1. The molecule has 0 saturated carbocycles. The van der Waals surface area contributed by atoms with Crippen LogP contribution < -0.4 is 10.5 Å². The zero-order valence-corrected chi connectivity index (χ0v) is 11.4. The number of fused-ring (bicyclic) bond motifs is 1. The van der Waals surface area contributed by atoms with Crippen molar-refractivity contribution in [3.8, 4) is 11.3 Å². The zero-order valence-electron chi connectivity index (χ0n) is 11.4. The Morgan fingerprint density at radius 2 is 1.60 bits per heavy atom. The van der Waals surface area contributed by atoms with E-state index in [1.807, 2.05) is 67.5 Å². The van der Waals surface area contributed by atoms with Gasteiger partial charge < -0.3 is 4.90 Å². The van der Waals surface area contributed by atoms with Crippen LogP contribution in [0.1, 0.15) is 0 Å². The Labute approximate surface area is 116 Å². The second-order valence-corrected chi connectivity index (χ2v) is 4.89. The summed E-state index contributed by atoms with van der Waals surface area (Å²) in [6.07, 6.45) is 0. The predicted octanol–water partition coefficient (Wildman–Crippen LogP) is 2.66. The summed E-state index contributed by atoms with van der Waals surface area (Å²) < 4.78 is 0. The molecule has 0 radical (unpaired) electrons. The molecule has 0 fully saturated rings. The number of nitrogens with zero attached hydrogens (tertiary/aromatic N) is 2. The van der Waals surface area contributed by atoms with Crippen molar-refractivity contribution in [3.05, 3.63) is 58.9 Å². The van der Waals surface area contributed by atoms with Crippen LogP contribution in [0.25, 0.3) is 22.0 Å². The van der Waals surface area contributed by atoms with E-state index in [1.54, 1.807) is 0 Å². The van der Waals surface area contributed by atoms with E-state index in [0.29, 0.717) is 5.39 Å². The number of hydrogen-bond acceptors (Lipinski definition) is 3. The fourth-order valence-corrected chi connectivity index (χ4v) is 2.25. The zero-order chi connectivity index (χ0) is 14.1. The van der Waals surface area contributed by atoms with E-state index in [4.69, 9.17) is 0 Å². The topological polar surface area (TPSA) is 49.0 Å². The Kier molecular flexibility index (Phi) is 2.99. The van der Waals surface area contributed by atoms with Crippen molar-refractivity contribution in [2.45, 2.75) is 0 Å². The Morgan fingerprint density at radius 3 is 2.25 bits per heavy atom. The molecule has 0 atom stereocenters. The summed E-state index contributed by atoms with van der Waals surface area (Å²) in [6.45, 7) is 0. The lowest BCUT2D eigenvalue weighted by molar-refractivity contribution is 1.02. The number of aromatic amines is 1. The van der Waals surface area contributed by atoms with Gasteiger partial charge in [-0.25, -0.2) is 5.10 Å². The highest BCUT2D eigenvalue weighted by atomic mass is 16.1. The van der Waals surface area contributed by atoms with Crippen molar-refractivity contribution in [1.82, 2.24) is 10.2 Å². The molecular formula is C16H15N3O. The number of nitrogens with one attached hydrogen (secondary N) is 1. The molecule has 1 heterocycles. The fourth-order valence-electron chi connectivity index (χ4n) is 2.25. The normalized spacial score (nSPS) is 10.7. The van der Waals surface area contributed by atoms with E-state index in [2.05, 4.69) is 10.2 Å². The van der Waals surface area contributed by atoms with E-state index in [-0.39, 0.29) is 5.56 Å². The third-order valence-corrected chi connectivity index (χ3v) is 3.35. The Hall–Kier alpha value is -2.62. The van der Waals surface area contributed by atoms with Gasteiger partial charge in [-0.3, -0.25) is 4.79 Å². The minimum absolute atomic E-state index is 0.158. The quantitative estimate of drug-likeness (QED) is 0.775. The van der Waals surface area contributed by atoms with Crippen LogP contribution in [0.5, 0.6) is 0 Å². The van der Waals surface area contributed by atoms with E-state index in [9.17, 15) is 4.79 Å². The van der Waals surface area contributed by atoms with Crippen LogP contribution in [0, 0.1) is 0 Å². The van der Waals surface area contributed by atoms with E-state index >= 15 is 0 Å². The summed E-state index contributed by atoms with van der Waals surface area (Å²) in [5.41, 5.74) is 2.75. The van der Waals surface area contributed by atoms with Crippen LogP contribution in [0.2, 0.25) is 0 Å². The first-order chi connectivity index (χ1) is 9.66. The number of H-pyrrole nitrogens is 1. The van der Waals surface area contributed by atoms with Crippen molar-refractivity contribution in [1.29, 1.82) is 0 Å². The molecule has 0 spiro atoms. The molecule has 0 unspecified atom stereocenters. The molecule has 3 aromatic rings. The van der Waals surface area contributed by atoms with Gasteiger partial charge in [0.05, 0.1) is 11.1 Å². The van der Waals surface area contributed by atoms with Gasteiger partial charge in [-0.2, -0.15) is 5.10 Å². The first kappa shape index (κ1) is 12.4. The summed E-state index contributed by atoms with van der Waals surface area (Å²) in [5.74, 6) is 0. The van der Waals surface area contributed by atoms with Crippen LogP contribution in [0.4, 0.5) is 5.69 Å². The largest absolute Gasteiger partial charge is 0.378 e. The van der Waals surface area contributed by atoms with Crippen molar-refractivity contribution in [2.24, 2.45) is 0 Å². The third kappa shape index (κ3) is 2.05. The molecule has 0 amide bonds. The van der Waals surface area contributed by atoms with Gasteiger partial charge in [0, 0.05) is 30.7 Å². The lowest BCUT2D eigenvalue weighted by atomic mass is 10.0. The molecule has 4 nitrogen and oxygen atoms in total. The molecule has 0 bridgehead atoms. The SMILES string of the molecule is CN(C)c1ccc(-c2n[nH]c(=O)c3ccccc23)cc1. The monoisotopic (exact) mass is 265 g/mol. The molecule has 0 saturated heterocycles. The highest BCUT2D eigenvalue weighted by Gasteiger charge is 2.08. The van der Waals surface area contributed by atoms with Gasteiger partial charge in [-0.1, -0.05) is 30.3 Å². The van der Waals surface area contributed by atoms with E-state index < -0.39 is 0 Å². The Morgan fingerprint density at radius 1 is 0.950 bits per heavy atom. The van der Waals surface area contributed by atoms with Crippen LogP contribution in [-0.4, -0.2) is 24.3 Å². The Bertz CT molecular complexity index is 804. The predicted molar refractivity (Wildman–Crippen MR) is 82.1 cm³/mol. The molecule has 4 heteroatoms. The van der Waals surface area contributed by atoms with Gasteiger partial charge in [0.15, 0.2) is 0 Å². The second kappa shape index (κ2) is 4.81.